The smallest absolute Gasteiger partial charge is 0.337 e. The molecule has 1 N–H and O–H groups in total. The van der Waals surface area contributed by atoms with Crippen LogP contribution in [0.2, 0.25) is 0 Å². The monoisotopic (exact) mass is 383 g/mol. The molecule has 1 aliphatic carbocycles. The van der Waals surface area contributed by atoms with Crippen LogP contribution in [0.3, 0.4) is 0 Å². The third-order valence-corrected chi connectivity index (χ3v) is 5.89. The van der Waals surface area contributed by atoms with Crippen molar-refractivity contribution < 1.29 is 17.9 Å². The Morgan fingerprint density at radius 1 is 1.11 bits per heavy atom. The van der Waals surface area contributed by atoms with Gasteiger partial charge in [0.15, 0.2) is 0 Å². The van der Waals surface area contributed by atoms with Gasteiger partial charge in [-0.2, -0.15) is 0 Å². The van der Waals surface area contributed by atoms with Gasteiger partial charge >= 0.3 is 5.97 Å². The summed E-state index contributed by atoms with van der Waals surface area (Å²) in [7, 11) is -2.53. The highest BCUT2D eigenvalue weighted by atomic mass is 32.2. The van der Waals surface area contributed by atoms with Gasteiger partial charge in [-0.25, -0.2) is 13.2 Å². The number of carbonyl (C=O) groups is 1. The molecule has 0 saturated carbocycles. The van der Waals surface area contributed by atoms with Gasteiger partial charge in [0.1, 0.15) is 0 Å². The van der Waals surface area contributed by atoms with Crippen molar-refractivity contribution in [2.24, 2.45) is 0 Å². The molecule has 3 rings (SSSR count). The van der Waals surface area contributed by atoms with Crippen LogP contribution in [0.15, 0.2) is 71.7 Å². The first kappa shape index (κ1) is 18.9. The molecule has 2 aromatic carbocycles. The molecule has 140 valence electrons. The molecule has 27 heavy (non-hydrogen) atoms. The molecule has 0 unspecified atom stereocenters. The van der Waals surface area contributed by atoms with Crippen LogP contribution in [0.4, 0.5) is 5.69 Å². The summed E-state index contributed by atoms with van der Waals surface area (Å²) >= 11 is 0. The minimum absolute atomic E-state index is 0.0654. The van der Waals surface area contributed by atoms with E-state index in [2.05, 4.69) is 22.1 Å². The number of methoxy groups -OCH3 is 1. The molecular weight excluding hydrogens is 362 g/mol. The third-order valence-electron chi connectivity index (χ3n) is 4.51. The Morgan fingerprint density at radius 3 is 2.44 bits per heavy atom. The van der Waals surface area contributed by atoms with Crippen LogP contribution in [-0.4, -0.2) is 21.5 Å². The van der Waals surface area contributed by atoms with Crippen molar-refractivity contribution in [1.82, 2.24) is 0 Å². The summed E-state index contributed by atoms with van der Waals surface area (Å²) in [5.41, 5.74) is 3.53. The second kappa shape index (κ2) is 7.80. The van der Waals surface area contributed by atoms with Gasteiger partial charge in [0.2, 0.25) is 0 Å². The predicted molar refractivity (Wildman–Crippen MR) is 106 cm³/mol. The zero-order valence-corrected chi connectivity index (χ0v) is 15.9. The Bertz CT molecular complexity index is 1000. The molecule has 0 aromatic heterocycles. The zero-order valence-electron chi connectivity index (χ0n) is 15.1. The molecule has 0 spiro atoms. The highest BCUT2D eigenvalue weighted by Gasteiger charge is 2.19. The summed E-state index contributed by atoms with van der Waals surface area (Å²) in [5.74, 6) is -0.515. The van der Waals surface area contributed by atoms with E-state index in [1.165, 1.54) is 31.4 Å². The van der Waals surface area contributed by atoms with E-state index in [9.17, 15) is 13.2 Å². The highest BCUT2D eigenvalue weighted by Crippen LogP contribution is 2.34. The molecule has 5 nitrogen and oxygen atoms in total. The Hall–Kier alpha value is -2.86. The first-order valence-electron chi connectivity index (χ1n) is 8.61. The van der Waals surface area contributed by atoms with Gasteiger partial charge in [0.05, 0.1) is 23.3 Å². The molecule has 0 amide bonds. The second-order valence-corrected chi connectivity index (χ2v) is 7.95. The molecule has 1 aliphatic rings. The Morgan fingerprint density at radius 2 is 1.81 bits per heavy atom. The van der Waals surface area contributed by atoms with E-state index in [-0.39, 0.29) is 4.90 Å². The van der Waals surface area contributed by atoms with Crippen LogP contribution >= 0.6 is 0 Å². The van der Waals surface area contributed by atoms with Crippen LogP contribution in [0.1, 0.15) is 35.2 Å². The van der Waals surface area contributed by atoms with Gasteiger partial charge in [0.25, 0.3) is 10.0 Å². The minimum atomic E-state index is -3.80. The fraction of sp³-hybridized carbons (Fsp3) is 0.190. The van der Waals surface area contributed by atoms with Gasteiger partial charge in [-0.15, -0.1) is 0 Å². The Kier molecular flexibility index (Phi) is 5.46. The molecule has 2 aromatic rings. The average Bonchev–Trinajstić information content (AvgIpc) is 3.22. The number of sulfonamides is 1. The highest BCUT2D eigenvalue weighted by molar-refractivity contribution is 7.92. The number of carbonyl (C=O) groups excluding carboxylic acids is 1. The quantitative estimate of drug-likeness (QED) is 0.751. The van der Waals surface area contributed by atoms with E-state index in [1.807, 2.05) is 12.1 Å². The first-order valence-corrected chi connectivity index (χ1v) is 10.1. The van der Waals surface area contributed by atoms with Crippen LogP contribution < -0.4 is 4.72 Å². The maximum absolute atomic E-state index is 12.8. The fourth-order valence-electron chi connectivity index (χ4n) is 3.04. The van der Waals surface area contributed by atoms with Gasteiger partial charge in [-0.3, -0.25) is 4.72 Å². The number of benzene rings is 2. The summed E-state index contributed by atoms with van der Waals surface area (Å²) in [6, 6.07) is 12.8. The molecule has 0 fully saturated rings. The number of esters is 1. The van der Waals surface area contributed by atoms with E-state index in [0.29, 0.717) is 11.3 Å². The van der Waals surface area contributed by atoms with Crippen molar-refractivity contribution in [3.05, 3.63) is 77.9 Å². The van der Waals surface area contributed by atoms with E-state index in [0.717, 1.165) is 36.0 Å². The van der Waals surface area contributed by atoms with Crippen molar-refractivity contribution in [2.75, 3.05) is 11.8 Å². The summed E-state index contributed by atoms with van der Waals surface area (Å²) in [6.07, 6.45) is 5.22. The van der Waals surface area contributed by atoms with E-state index < -0.39 is 16.0 Å². The maximum Gasteiger partial charge on any atom is 0.337 e. The molecule has 0 radical (unpaired) electrons. The molecule has 6 heteroatoms. The summed E-state index contributed by atoms with van der Waals surface area (Å²) in [5, 5.41) is 0. The normalized spacial score (nSPS) is 13.7. The molecule has 0 bridgehead atoms. The topological polar surface area (TPSA) is 72.5 Å². The summed E-state index contributed by atoms with van der Waals surface area (Å²) < 4.78 is 32.8. The van der Waals surface area contributed by atoms with Crippen molar-refractivity contribution in [3.63, 3.8) is 0 Å². The number of ether oxygens (including phenoxy) is 1. The Labute approximate surface area is 159 Å². The number of para-hydroxylation sites is 1. The minimum Gasteiger partial charge on any atom is -0.465 e. The SMILES string of the molecule is C=C(C1=CCCC1)c1ccccc1NS(=O)(=O)c1ccc(C(=O)OC)cc1. The van der Waals surface area contributed by atoms with Crippen LogP contribution in [-0.2, 0) is 14.8 Å². The largest absolute Gasteiger partial charge is 0.465 e. The van der Waals surface area contributed by atoms with E-state index in [4.69, 9.17) is 0 Å². The van der Waals surface area contributed by atoms with E-state index >= 15 is 0 Å². The average molecular weight is 383 g/mol. The van der Waals surface area contributed by atoms with E-state index in [1.54, 1.807) is 12.1 Å². The Balaban J connectivity index is 1.88. The van der Waals surface area contributed by atoms with Crippen molar-refractivity contribution in [2.45, 2.75) is 24.2 Å². The van der Waals surface area contributed by atoms with Crippen LogP contribution in [0.5, 0.6) is 0 Å². The lowest BCUT2D eigenvalue weighted by Gasteiger charge is -2.15. The van der Waals surface area contributed by atoms with Gasteiger partial charge < -0.3 is 4.74 Å². The van der Waals surface area contributed by atoms with Crippen LogP contribution in [0, 0.1) is 0 Å². The number of anilines is 1. The number of allylic oxidation sites excluding steroid dienone is 3. The molecule has 0 heterocycles. The van der Waals surface area contributed by atoms with Gasteiger partial charge in [-0.05, 0) is 60.7 Å². The number of rotatable bonds is 6. The lowest BCUT2D eigenvalue weighted by molar-refractivity contribution is 0.0600. The molecule has 0 aliphatic heterocycles. The molecule has 0 saturated heterocycles. The lowest BCUT2D eigenvalue weighted by atomic mass is 9.98. The summed E-state index contributed by atoms with van der Waals surface area (Å²) in [6.45, 7) is 4.16. The van der Waals surface area contributed by atoms with Crippen molar-refractivity contribution >= 4 is 27.3 Å². The molecule has 0 atom stereocenters. The van der Waals surface area contributed by atoms with Crippen LogP contribution in [0.25, 0.3) is 5.57 Å². The van der Waals surface area contributed by atoms with Gasteiger partial charge in [0, 0.05) is 5.56 Å². The number of hydrogen-bond donors (Lipinski definition) is 1. The lowest BCUT2D eigenvalue weighted by Crippen LogP contribution is -2.14. The van der Waals surface area contributed by atoms with Crippen molar-refractivity contribution in [3.8, 4) is 0 Å². The summed E-state index contributed by atoms with van der Waals surface area (Å²) in [4.78, 5) is 11.6. The van der Waals surface area contributed by atoms with Gasteiger partial charge in [-0.1, -0.05) is 30.9 Å². The predicted octanol–water partition coefficient (Wildman–Crippen LogP) is 4.40. The first-order chi connectivity index (χ1) is 12.9. The van der Waals surface area contributed by atoms with Crippen molar-refractivity contribution in [1.29, 1.82) is 0 Å². The second-order valence-electron chi connectivity index (χ2n) is 6.27. The number of nitrogens with one attached hydrogen (secondary N) is 1. The maximum atomic E-state index is 12.8. The zero-order chi connectivity index (χ0) is 19.4. The number of hydrogen-bond acceptors (Lipinski definition) is 4. The third kappa shape index (κ3) is 4.11. The molecular formula is C21H21NO4S. The standard InChI is InChI=1S/C21H21NO4S/c1-15(16-7-3-4-8-16)19-9-5-6-10-20(19)22-27(24,25)18-13-11-17(12-14-18)21(23)26-2/h5-7,9-14,22H,1,3-4,8H2,2H3. The fourth-order valence-corrected chi connectivity index (χ4v) is 4.12.